The van der Waals surface area contributed by atoms with Crippen molar-refractivity contribution in [2.75, 3.05) is 61.0 Å². The summed E-state index contributed by atoms with van der Waals surface area (Å²) >= 11 is 11.7. The number of carbonyl (C=O) groups excluding carboxylic acids is 1. The van der Waals surface area contributed by atoms with E-state index in [1.165, 1.54) is 0 Å². The molecule has 0 unspecified atom stereocenters. The van der Waals surface area contributed by atoms with E-state index in [0.717, 1.165) is 16.9 Å². The Labute approximate surface area is 192 Å². The quantitative estimate of drug-likeness (QED) is 0.239. The summed E-state index contributed by atoms with van der Waals surface area (Å²) in [5.74, 6) is 0.716. The van der Waals surface area contributed by atoms with E-state index in [1.807, 2.05) is 29.2 Å². The van der Waals surface area contributed by atoms with E-state index in [0.29, 0.717) is 43.5 Å². The number of nitrogens with zero attached hydrogens (tertiary/aromatic N) is 3. The fourth-order valence-electron chi connectivity index (χ4n) is 3.01. The van der Waals surface area contributed by atoms with Gasteiger partial charge in [-0.15, -0.1) is 23.2 Å². The summed E-state index contributed by atoms with van der Waals surface area (Å²) < 4.78 is 0. The maximum atomic E-state index is 12.3. The Bertz CT molecular complexity index is 805. The van der Waals surface area contributed by atoms with Crippen molar-refractivity contribution >= 4 is 46.7 Å². The van der Waals surface area contributed by atoms with Crippen LogP contribution >= 0.6 is 23.2 Å². The number of rotatable bonds is 13. The van der Waals surface area contributed by atoms with E-state index in [9.17, 15) is 4.79 Å². The first kappa shape index (κ1) is 24.9. The molecule has 0 aromatic heterocycles. The first-order valence-electron chi connectivity index (χ1n) is 10.00. The van der Waals surface area contributed by atoms with Crippen LogP contribution < -0.4 is 15.2 Å². The van der Waals surface area contributed by atoms with Crippen molar-refractivity contribution in [1.82, 2.24) is 5.43 Å². The molecule has 0 fully saturated rings. The van der Waals surface area contributed by atoms with E-state index in [4.69, 9.17) is 33.4 Å². The second-order valence-electron chi connectivity index (χ2n) is 6.64. The van der Waals surface area contributed by atoms with Gasteiger partial charge in [0.1, 0.15) is 0 Å². The van der Waals surface area contributed by atoms with Crippen LogP contribution in [0.4, 0.5) is 11.4 Å². The van der Waals surface area contributed by atoms with Crippen molar-refractivity contribution < 1.29 is 15.0 Å². The zero-order chi connectivity index (χ0) is 22.5. The van der Waals surface area contributed by atoms with Crippen LogP contribution in [0, 0.1) is 0 Å². The first-order chi connectivity index (χ1) is 15.1. The monoisotopic (exact) mass is 466 g/mol. The van der Waals surface area contributed by atoms with Crippen LogP contribution in [-0.4, -0.2) is 73.5 Å². The average molecular weight is 467 g/mol. The minimum absolute atomic E-state index is 0.0185. The van der Waals surface area contributed by atoms with Gasteiger partial charge in [-0.2, -0.15) is 5.10 Å². The maximum Gasteiger partial charge on any atom is 0.271 e. The molecule has 0 spiro atoms. The Morgan fingerprint density at radius 1 is 0.839 bits per heavy atom. The third-order valence-electron chi connectivity index (χ3n) is 4.58. The number of hydrazone groups is 1. The summed E-state index contributed by atoms with van der Waals surface area (Å²) in [6.45, 7) is 2.21. The van der Waals surface area contributed by atoms with Crippen LogP contribution in [0.3, 0.4) is 0 Å². The Kier molecular flexibility index (Phi) is 11.2. The molecule has 7 nitrogen and oxygen atoms in total. The molecule has 0 saturated carbocycles. The van der Waals surface area contributed by atoms with E-state index in [1.54, 1.807) is 30.5 Å². The Morgan fingerprint density at radius 2 is 1.32 bits per heavy atom. The molecule has 0 heterocycles. The molecule has 0 radical (unpaired) electrons. The summed E-state index contributed by atoms with van der Waals surface area (Å²) in [6, 6.07) is 14.7. The molecule has 1 amide bonds. The molecule has 0 aliphatic heterocycles. The van der Waals surface area contributed by atoms with E-state index < -0.39 is 0 Å². The number of carbonyl (C=O) groups is 1. The number of benzene rings is 2. The van der Waals surface area contributed by atoms with Gasteiger partial charge in [-0.25, -0.2) is 5.43 Å². The van der Waals surface area contributed by atoms with E-state index in [2.05, 4.69) is 15.4 Å². The minimum atomic E-state index is -0.328. The molecule has 0 bridgehead atoms. The van der Waals surface area contributed by atoms with Crippen molar-refractivity contribution in [3.05, 3.63) is 59.7 Å². The SMILES string of the molecule is O=C(N/N=C\c1ccc(N(CCCl)CCCl)cc1)c1ccc(N(CCO)CCO)cc1. The van der Waals surface area contributed by atoms with Gasteiger partial charge in [-0.3, -0.25) is 4.79 Å². The number of aliphatic hydroxyl groups excluding tert-OH is 2. The predicted octanol–water partition coefficient (Wildman–Crippen LogP) is 2.53. The lowest BCUT2D eigenvalue weighted by molar-refractivity contribution is 0.0955. The predicted molar refractivity (Wildman–Crippen MR) is 128 cm³/mol. The summed E-state index contributed by atoms with van der Waals surface area (Å²) in [5, 5.41) is 22.3. The molecular weight excluding hydrogens is 439 g/mol. The molecular formula is C22H28Cl2N4O3. The highest BCUT2D eigenvalue weighted by Gasteiger charge is 2.08. The van der Waals surface area contributed by atoms with Crippen molar-refractivity contribution in [3.63, 3.8) is 0 Å². The number of hydrogen-bond donors (Lipinski definition) is 3. The van der Waals surface area contributed by atoms with Gasteiger partial charge >= 0.3 is 0 Å². The van der Waals surface area contributed by atoms with Gasteiger partial charge in [-0.1, -0.05) is 12.1 Å². The van der Waals surface area contributed by atoms with Gasteiger partial charge in [0.2, 0.25) is 0 Å². The van der Waals surface area contributed by atoms with Crippen molar-refractivity contribution in [2.45, 2.75) is 0 Å². The topological polar surface area (TPSA) is 88.4 Å². The lowest BCUT2D eigenvalue weighted by Gasteiger charge is -2.23. The second-order valence-corrected chi connectivity index (χ2v) is 7.39. The van der Waals surface area contributed by atoms with Crippen LogP contribution in [-0.2, 0) is 0 Å². The number of aliphatic hydroxyl groups is 2. The Balaban J connectivity index is 1.94. The molecule has 0 aliphatic carbocycles. The third kappa shape index (κ3) is 8.03. The standard InChI is InChI=1S/C22H28Cl2N4O3/c23-9-11-27(12-10-24)20-5-1-18(2-6-20)17-25-26-22(31)19-3-7-21(8-4-19)28(13-15-29)14-16-30/h1-8,17,29-30H,9-16H2,(H,26,31)/b25-17-. The number of hydrogen-bond acceptors (Lipinski definition) is 6. The van der Waals surface area contributed by atoms with Crippen LogP contribution in [0.5, 0.6) is 0 Å². The number of nitrogens with one attached hydrogen (secondary N) is 1. The second kappa shape index (κ2) is 13.9. The van der Waals surface area contributed by atoms with Crippen molar-refractivity contribution in [1.29, 1.82) is 0 Å². The molecule has 0 aliphatic rings. The first-order valence-corrected chi connectivity index (χ1v) is 11.1. The number of anilines is 2. The van der Waals surface area contributed by atoms with Crippen LogP contribution in [0.1, 0.15) is 15.9 Å². The van der Waals surface area contributed by atoms with Crippen molar-refractivity contribution in [2.24, 2.45) is 5.10 Å². The molecule has 3 N–H and O–H groups in total. The van der Waals surface area contributed by atoms with Crippen LogP contribution in [0.2, 0.25) is 0 Å². The van der Waals surface area contributed by atoms with Gasteiger partial charge in [0.15, 0.2) is 0 Å². The lowest BCUT2D eigenvalue weighted by Crippen LogP contribution is -2.29. The largest absolute Gasteiger partial charge is 0.395 e. The molecule has 0 saturated heterocycles. The van der Waals surface area contributed by atoms with Gasteiger partial charge in [0.05, 0.1) is 19.4 Å². The average Bonchev–Trinajstić information content (AvgIpc) is 2.79. The summed E-state index contributed by atoms with van der Waals surface area (Å²) in [4.78, 5) is 16.2. The van der Waals surface area contributed by atoms with Crippen molar-refractivity contribution in [3.8, 4) is 0 Å². The molecule has 31 heavy (non-hydrogen) atoms. The molecule has 2 aromatic carbocycles. The van der Waals surface area contributed by atoms with Crippen LogP contribution in [0.15, 0.2) is 53.6 Å². The highest BCUT2D eigenvalue weighted by atomic mass is 35.5. The molecule has 2 rings (SSSR count). The van der Waals surface area contributed by atoms with Gasteiger partial charge < -0.3 is 20.0 Å². The fourth-order valence-corrected chi connectivity index (χ4v) is 3.42. The van der Waals surface area contributed by atoms with Gasteiger partial charge in [0, 0.05) is 54.9 Å². The maximum absolute atomic E-state index is 12.3. The minimum Gasteiger partial charge on any atom is -0.395 e. The van der Waals surface area contributed by atoms with E-state index >= 15 is 0 Å². The summed E-state index contributed by atoms with van der Waals surface area (Å²) in [7, 11) is 0. The summed E-state index contributed by atoms with van der Waals surface area (Å²) in [5.41, 5.74) is 5.67. The molecule has 168 valence electrons. The summed E-state index contributed by atoms with van der Waals surface area (Å²) in [6.07, 6.45) is 1.58. The fraction of sp³-hybridized carbons (Fsp3) is 0.364. The highest BCUT2D eigenvalue weighted by molar-refractivity contribution is 6.18. The zero-order valence-corrected chi connectivity index (χ0v) is 18.8. The van der Waals surface area contributed by atoms with Gasteiger partial charge in [-0.05, 0) is 42.0 Å². The van der Waals surface area contributed by atoms with E-state index in [-0.39, 0.29) is 19.1 Å². The number of halogens is 2. The molecule has 9 heteroatoms. The van der Waals surface area contributed by atoms with Gasteiger partial charge in [0.25, 0.3) is 5.91 Å². The van der Waals surface area contributed by atoms with Crippen LogP contribution in [0.25, 0.3) is 0 Å². The Hall–Kier alpha value is -2.32. The number of alkyl halides is 2. The molecule has 2 aromatic rings. The highest BCUT2D eigenvalue weighted by Crippen LogP contribution is 2.16. The zero-order valence-electron chi connectivity index (χ0n) is 17.3. The Morgan fingerprint density at radius 3 is 1.81 bits per heavy atom. The smallest absolute Gasteiger partial charge is 0.271 e. The number of amides is 1. The normalized spacial score (nSPS) is 11.0. The molecule has 0 atom stereocenters. The third-order valence-corrected chi connectivity index (χ3v) is 4.92. The lowest BCUT2D eigenvalue weighted by atomic mass is 10.2.